The van der Waals surface area contributed by atoms with E-state index in [4.69, 9.17) is 4.74 Å². The maximum Gasteiger partial charge on any atom is 0.0593 e. The molecule has 0 amide bonds. The van der Waals surface area contributed by atoms with Gasteiger partial charge in [-0.15, -0.1) is 11.3 Å². The zero-order chi connectivity index (χ0) is 12.1. The van der Waals surface area contributed by atoms with Crippen molar-refractivity contribution < 1.29 is 4.74 Å². The molecule has 2 heterocycles. The number of thiophene rings is 1. The molecule has 96 valence electrons. The average molecular weight is 253 g/mol. The second-order valence-electron chi connectivity index (χ2n) is 4.77. The smallest absolute Gasteiger partial charge is 0.0593 e. The molecule has 1 saturated heterocycles. The minimum absolute atomic E-state index is 0.451. The Bertz CT molecular complexity index is 331. The van der Waals surface area contributed by atoms with Gasteiger partial charge in [-0.25, -0.2) is 0 Å². The lowest BCUT2D eigenvalue weighted by Crippen LogP contribution is -2.28. The fourth-order valence-electron chi connectivity index (χ4n) is 2.58. The fourth-order valence-corrected chi connectivity index (χ4v) is 3.34. The maximum absolute atomic E-state index is 5.86. The van der Waals surface area contributed by atoms with E-state index in [1.165, 1.54) is 29.7 Å². The minimum atomic E-state index is 0.451. The summed E-state index contributed by atoms with van der Waals surface area (Å²) in [5.74, 6) is 0. The molecule has 0 aliphatic carbocycles. The summed E-state index contributed by atoms with van der Waals surface area (Å²) in [6.07, 6.45) is 5.36. The average Bonchev–Trinajstić information content (AvgIpc) is 2.76. The summed E-state index contributed by atoms with van der Waals surface area (Å²) in [5.41, 5.74) is 1.46. The van der Waals surface area contributed by atoms with Crippen molar-refractivity contribution in [1.29, 1.82) is 0 Å². The Kier molecular flexibility index (Phi) is 5.01. The highest BCUT2D eigenvalue weighted by molar-refractivity contribution is 7.10. The van der Waals surface area contributed by atoms with Crippen LogP contribution in [0.2, 0.25) is 0 Å². The lowest BCUT2D eigenvalue weighted by atomic mass is 9.97. The van der Waals surface area contributed by atoms with E-state index in [9.17, 15) is 0 Å². The van der Waals surface area contributed by atoms with Gasteiger partial charge in [0.25, 0.3) is 0 Å². The standard InChI is InChI=1S/C14H23NOS/c1-3-15-14(13-7-9-17-11(13)2)10-12-6-4-5-8-16-12/h7,9,12,14-15H,3-6,8,10H2,1-2H3. The maximum atomic E-state index is 5.86. The van der Waals surface area contributed by atoms with Crippen LogP contribution >= 0.6 is 11.3 Å². The SMILES string of the molecule is CCNC(CC1CCCCO1)c1ccsc1C. The largest absolute Gasteiger partial charge is 0.378 e. The van der Waals surface area contributed by atoms with Crippen molar-refractivity contribution in [3.8, 4) is 0 Å². The van der Waals surface area contributed by atoms with Crippen LogP contribution in [0.15, 0.2) is 11.4 Å². The summed E-state index contributed by atoms with van der Waals surface area (Å²) in [4.78, 5) is 1.44. The molecule has 2 nitrogen and oxygen atoms in total. The highest BCUT2D eigenvalue weighted by Gasteiger charge is 2.21. The molecule has 1 aliphatic rings. The molecule has 0 spiro atoms. The molecule has 0 radical (unpaired) electrons. The Morgan fingerprint density at radius 1 is 1.53 bits per heavy atom. The van der Waals surface area contributed by atoms with E-state index in [0.717, 1.165) is 19.6 Å². The number of rotatable bonds is 5. The van der Waals surface area contributed by atoms with Crippen molar-refractivity contribution in [1.82, 2.24) is 5.32 Å². The Morgan fingerprint density at radius 2 is 2.41 bits per heavy atom. The van der Waals surface area contributed by atoms with Gasteiger partial charge in [-0.2, -0.15) is 0 Å². The molecule has 1 aliphatic heterocycles. The summed E-state index contributed by atoms with van der Waals surface area (Å²) >= 11 is 1.84. The molecule has 1 N–H and O–H groups in total. The molecular weight excluding hydrogens is 230 g/mol. The zero-order valence-electron chi connectivity index (χ0n) is 10.9. The van der Waals surface area contributed by atoms with Gasteiger partial charge in [-0.3, -0.25) is 0 Å². The lowest BCUT2D eigenvalue weighted by molar-refractivity contribution is 0.00513. The van der Waals surface area contributed by atoms with Crippen LogP contribution in [0.4, 0.5) is 0 Å². The zero-order valence-corrected chi connectivity index (χ0v) is 11.7. The molecule has 3 heteroatoms. The van der Waals surface area contributed by atoms with Crippen LogP contribution in [-0.4, -0.2) is 19.3 Å². The Morgan fingerprint density at radius 3 is 3.00 bits per heavy atom. The van der Waals surface area contributed by atoms with Crippen LogP contribution < -0.4 is 5.32 Å². The summed E-state index contributed by atoms with van der Waals surface area (Å²) in [7, 11) is 0. The van der Waals surface area contributed by atoms with Gasteiger partial charge in [0.05, 0.1) is 6.10 Å². The first-order valence-corrected chi connectivity index (χ1v) is 7.58. The third kappa shape index (κ3) is 3.54. The van der Waals surface area contributed by atoms with Crippen LogP contribution in [0.3, 0.4) is 0 Å². The van der Waals surface area contributed by atoms with Gasteiger partial charge in [-0.05, 0) is 56.2 Å². The molecule has 0 bridgehead atoms. The molecule has 1 fully saturated rings. The van der Waals surface area contributed by atoms with Gasteiger partial charge < -0.3 is 10.1 Å². The van der Waals surface area contributed by atoms with Gasteiger partial charge in [0.1, 0.15) is 0 Å². The van der Waals surface area contributed by atoms with E-state index in [1.54, 1.807) is 0 Å². The van der Waals surface area contributed by atoms with Gasteiger partial charge in [0.2, 0.25) is 0 Å². The van der Waals surface area contributed by atoms with E-state index in [0.29, 0.717) is 12.1 Å². The van der Waals surface area contributed by atoms with Gasteiger partial charge in [-0.1, -0.05) is 6.92 Å². The molecule has 0 aromatic carbocycles. The summed E-state index contributed by atoms with van der Waals surface area (Å²) in [5, 5.41) is 5.79. The van der Waals surface area contributed by atoms with E-state index in [-0.39, 0.29) is 0 Å². The monoisotopic (exact) mass is 253 g/mol. The fraction of sp³-hybridized carbons (Fsp3) is 0.714. The van der Waals surface area contributed by atoms with Crippen molar-refractivity contribution >= 4 is 11.3 Å². The van der Waals surface area contributed by atoms with Crippen LogP contribution in [0.5, 0.6) is 0 Å². The van der Waals surface area contributed by atoms with Crippen LogP contribution in [-0.2, 0) is 4.74 Å². The first-order chi connectivity index (χ1) is 8.31. The van der Waals surface area contributed by atoms with Crippen LogP contribution in [0.1, 0.15) is 49.1 Å². The molecule has 17 heavy (non-hydrogen) atoms. The number of ether oxygens (including phenoxy) is 1. The van der Waals surface area contributed by atoms with E-state index in [2.05, 4.69) is 30.6 Å². The second kappa shape index (κ2) is 6.53. The lowest BCUT2D eigenvalue weighted by Gasteiger charge is -2.27. The number of aryl methyl sites for hydroxylation is 1. The Labute approximate surface area is 108 Å². The summed E-state index contributed by atoms with van der Waals surface area (Å²) < 4.78 is 5.86. The first-order valence-electron chi connectivity index (χ1n) is 6.70. The normalized spacial score (nSPS) is 22.6. The molecule has 2 atom stereocenters. The second-order valence-corrected chi connectivity index (χ2v) is 5.89. The molecule has 0 saturated carbocycles. The van der Waals surface area contributed by atoms with Crippen molar-refractivity contribution in [3.05, 3.63) is 21.9 Å². The van der Waals surface area contributed by atoms with Crippen LogP contribution in [0.25, 0.3) is 0 Å². The molecular formula is C14H23NOS. The predicted molar refractivity (Wildman–Crippen MR) is 73.7 cm³/mol. The van der Waals surface area contributed by atoms with Crippen molar-refractivity contribution in [2.75, 3.05) is 13.2 Å². The Hall–Kier alpha value is -0.380. The molecule has 2 unspecified atom stereocenters. The van der Waals surface area contributed by atoms with Gasteiger partial charge in [0, 0.05) is 17.5 Å². The van der Waals surface area contributed by atoms with Crippen LogP contribution in [0, 0.1) is 6.92 Å². The quantitative estimate of drug-likeness (QED) is 0.864. The topological polar surface area (TPSA) is 21.3 Å². The summed E-state index contributed by atoms with van der Waals surface area (Å²) in [6, 6.07) is 2.73. The summed E-state index contributed by atoms with van der Waals surface area (Å²) in [6.45, 7) is 6.36. The molecule has 1 aromatic rings. The number of hydrogen-bond acceptors (Lipinski definition) is 3. The van der Waals surface area contributed by atoms with E-state index >= 15 is 0 Å². The van der Waals surface area contributed by atoms with E-state index < -0.39 is 0 Å². The first kappa shape index (κ1) is 13.1. The van der Waals surface area contributed by atoms with Crippen molar-refractivity contribution in [2.45, 2.75) is 51.7 Å². The predicted octanol–water partition coefficient (Wildman–Crippen LogP) is 3.67. The van der Waals surface area contributed by atoms with Crippen molar-refractivity contribution in [3.63, 3.8) is 0 Å². The third-order valence-corrected chi connectivity index (χ3v) is 4.36. The highest BCUT2D eigenvalue weighted by atomic mass is 32.1. The van der Waals surface area contributed by atoms with E-state index in [1.807, 2.05) is 11.3 Å². The van der Waals surface area contributed by atoms with Gasteiger partial charge in [0.15, 0.2) is 0 Å². The molecule has 1 aromatic heterocycles. The minimum Gasteiger partial charge on any atom is -0.378 e. The molecule has 2 rings (SSSR count). The Balaban J connectivity index is 1.99. The number of hydrogen-bond donors (Lipinski definition) is 1. The highest BCUT2D eigenvalue weighted by Crippen LogP contribution is 2.29. The van der Waals surface area contributed by atoms with Gasteiger partial charge >= 0.3 is 0 Å². The van der Waals surface area contributed by atoms with Crippen molar-refractivity contribution in [2.24, 2.45) is 0 Å². The third-order valence-electron chi connectivity index (χ3n) is 3.50. The number of nitrogens with one attached hydrogen (secondary N) is 1.